The van der Waals surface area contributed by atoms with Crippen molar-refractivity contribution in [2.75, 3.05) is 34.4 Å². The van der Waals surface area contributed by atoms with Gasteiger partial charge in [-0.3, -0.25) is 10.1 Å². The van der Waals surface area contributed by atoms with Gasteiger partial charge in [-0.15, -0.1) is 5.10 Å². The van der Waals surface area contributed by atoms with Crippen LogP contribution in [0.1, 0.15) is 12.0 Å². The molecule has 2 rings (SSSR count). The Morgan fingerprint density at radius 2 is 2.11 bits per heavy atom. The van der Waals surface area contributed by atoms with Gasteiger partial charge in [0, 0.05) is 18.2 Å². The summed E-state index contributed by atoms with van der Waals surface area (Å²) in [7, 11) is 5.28. The van der Waals surface area contributed by atoms with Crippen LogP contribution in [0.3, 0.4) is 0 Å². The summed E-state index contributed by atoms with van der Waals surface area (Å²) in [5.74, 6) is -0.295. The number of nitrogens with zero attached hydrogens (tertiary/aromatic N) is 3. The van der Waals surface area contributed by atoms with Gasteiger partial charge < -0.3 is 14.4 Å². The molecule has 1 aromatic rings. The normalized spacial score (nSPS) is 17.1. The Morgan fingerprint density at radius 1 is 1.33 bits per heavy atom. The number of para-hydroxylation sites is 1. The van der Waals surface area contributed by atoms with E-state index in [2.05, 4.69) is 25.2 Å². The summed E-state index contributed by atoms with van der Waals surface area (Å²) in [6.07, 6.45) is 3.59. The number of carbonyl (C=O) groups excluding carboxylic acids is 2. The number of thioether (sulfide) groups is 1. The van der Waals surface area contributed by atoms with Crippen LogP contribution >= 0.6 is 11.8 Å². The van der Waals surface area contributed by atoms with E-state index in [1.165, 1.54) is 7.11 Å². The predicted molar refractivity (Wildman–Crippen MR) is 106 cm³/mol. The zero-order valence-electron chi connectivity index (χ0n) is 15.5. The molecule has 0 unspecified atom stereocenters. The number of ether oxygens (including phenoxy) is 2. The Bertz CT molecular complexity index is 774. The molecular weight excluding hydrogens is 368 g/mol. The third-order valence-corrected chi connectivity index (χ3v) is 4.27. The summed E-state index contributed by atoms with van der Waals surface area (Å²) in [4.78, 5) is 25.3. The SMILES string of the molecule is COC(=O)/C=C1/S/C(=N\N=Cc2ccccc2OCCCN(C)C)NC1=O. The zero-order chi connectivity index (χ0) is 19.6. The van der Waals surface area contributed by atoms with Gasteiger partial charge >= 0.3 is 5.97 Å². The van der Waals surface area contributed by atoms with Gasteiger partial charge in [0.05, 0.1) is 24.8 Å². The fourth-order valence-corrected chi connectivity index (χ4v) is 2.81. The molecule has 0 aromatic heterocycles. The second-order valence-corrected chi connectivity index (χ2v) is 6.81. The molecule has 0 aliphatic carbocycles. The third-order valence-electron chi connectivity index (χ3n) is 3.37. The number of rotatable bonds is 8. The lowest BCUT2D eigenvalue weighted by Crippen LogP contribution is -2.19. The maximum absolute atomic E-state index is 11.8. The number of hydrogen-bond donors (Lipinski definition) is 1. The van der Waals surface area contributed by atoms with Crippen molar-refractivity contribution < 1.29 is 19.1 Å². The minimum Gasteiger partial charge on any atom is -0.493 e. The Balaban J connectivity index is 1.98. The molecule has 27 heavy (non-hydrogen) atoms. The van der Waals surface area contributed by atoms with E-state index < -0.39 is 11.9 Å². The molecule has 0 radical (unpaired) electrons. The first-order valence-corrected chi connectivity index (χ1v) is 9.07. The second-order valence-electron chi connectivity index (χ2n) is 5.78. The van der Waals surface area contributed by atoms with E-state index in [1.807, 2.05) is 38.4 Å². The monoisotopic (exact) mass is 390 g/mol. The van der Waals surface area contributed by atoms with Crippen LogP contribution < -0.4 is 10.1 Å². The summed E-state index contributed by atoms with van der Waals surface area (Å²) in [6, 6.07) is 7.51. The Kier molecular flexibility index (Phi) is 8.02. The molecule has 1 N–H and O–H groups in total. The maximum Gasteiger partial charge on any atom is 0.331 e. The van der Waals surface area contributed by atoms with Gasteiger partial charge in [-0.2, -0.15) is 5.10 Å². The Morgan fingerprint density at radius 3 is 2.85 bits per heavy atom. The summed E-state index contributed by atoms with van der Waals surface area (Å²) in [6.45, 7) is 1.55. The van der Waals surface area contributed by atoms with Crippen molar-refractivity contribution in [1.82, 2.24) is 10.2 Å². The van der Waals surface area contributed by atoms with Crippen LogP contribution in [0.4, 0.5) is 0 Å². The van der Waals surface area contributed by atoms with Crippen molar-refractivity contribution in [2.45, 2.75) is 6.42 Å². The highest BCUT2D eigenvalue weighted by Crippen LogP contribution is 2.23. The van der Waals surface area contributed by atoms with Crippen LogP contribution in [0.25, 0.3) is 0 Å². The molecule has 0 spiro atoms. The highest BCUT2D eigenvalue weighted by molar-refractivity contribution is 8.18. The van der Waals surface area contributed by atoms with Gasteiger partial charge in [-0.05, 0) is 44.4 Å². The van der Waals surface area contributed by atoms with Crippen molar-refractivity contribution in [3.8, 4) is 5.75 Å². The highest BCUT2D eigenvalue weighted by atomic mass is 32.2. The number of carbonyl (C=O) groups is 2. The van der Waals surface area contributed by atoms with E-state index in [0.717, 1.165) is 42.1 Å². The summed E-state index contributed by atoms with van der Waals surface area (Å²) >= 11 is 1.02. The van der Waals surface area contributed by atoms with Gasteiger partial charge in [0.1, 0.15) is 5.75 Å². The quantitative estimate of drug-likeness (QED) is 0.238. The number of benzene rings is 1. The van der Waals surface area contributed by atoms with E-state index in [1.54, 1.807) is 6.21 Å². The second kappa shape index (κ2) is 10.5. The Labute approximate surface area is 162 Å². The van der Waals surface area contributed by atoms with E-state index in [0.29, 0.717) is 6.61 Å². The topological polar surface area (TPSA) is 92.6 Å². The van der Waals surface area contributed by atoms with E-state index >= 15 is 0 Å². The van der Waals surface area contributed by atoms with Crippen LogP contribution in [-0.2, 0) is 14.3 Å². The Hall–Kier alpha value is -2.65. The molecule has 1 amide bonds. The molecule has 1 fully saturated rings. The van der Waals surface area contributed by atoms with Crippen LogP contribution in [0.2, 0.25) is 0 Å². The first-order chi connectivity index (χ1) is 13.0. The van der Waals surface area contributed by atoms with E-state index in [-0.39, 0.29) is 10.1 Å². The maximum atomic E-state index is 11.8. The van der Waals surface area contributed by atoms with E-state index in [9.17, 15) is 9.59 Å². The summed E-state index contributed by atoms with van der Waals surface area (Å²) < 4.78 is 10.3. The fraction of sp³-hybridized carbons (Fsp3) is 0.333. The van der Waals surface area contributed by atoms with Gasteiger partial charge in [0.25, 0.3) is 5.91 Å². The largest absolute Gasteiger partial charge is 0.493 e. The number of hydrogen-bond acceptors (Lipinski definition) is 8. The fourth-order valence-electron chi connectivity index (χ4n) is 2.07. The summed E-state index contributed by atoms with van der Waals surface area (Å²) in [5, 5.41) is 10.8. The van der Waals surface area contributed by atoms with Crippen molar-refractivity contribution in [3.05, 3.63) is 40.8 Å². The van der Waals surface area contributed by atoms with Crippen molar-refractivity contribution in [1.29, 1.82) is 0 Å². The van der Waals surface area contributed by atoms with Crippen LogP contribution in [-0.4, -0.2) is 62.5 Å². The van der Waals surface area contributed by atoms with Gasteiger partial charge in [0.15, 0.2) is 5.17 Å². The first kappa shape index (κ1) is 20.7. The lowest BCUT2D eigenvalue weighted by atomic mass is 10.2. The minimum atomic E-state index is -0.599. The van der Waals surface area contributed by atoms with Gasteiger partial charge in [0.2, 0.25) is 0 Å². The van der Waals surface area contributed by atoms with Crippen LogP contribution in [0.5, 0.6) is 5.75 Å². The average molecular weight is 390 g/mol. The molecule has 1 heterocycles. The minimum absolute atomic E-state index is 0.209. The number of esters is 1. The zero-order valence-corrected chi connectivity index (χ0v) is 16.3. The smallest absolute Gasteiger partial charge is 0.331 e. The number of nitrogens with one attached hydrogen (secondary N) is 1. The number of amidine groups is 1. The van der Waals surface area contributed by atoms with Gasteiger partial charge in [-0.25, -0.2) is 4.79 Å². The van der Waals surface area contributed by atoms with Gasteiger partial charge in [-0.1, -0.05) is 12.1 Å². The lowest BCUT2D eigenvalue weighted by molar-refractivity contribution is -0.135. The van der Waals surface area contributed by atoms with Crippen molar-refractivity contribution in [2.24, 2.45) is 10.2 Å². The first-order valence-electron chi connectivity index (χ1n) is 8.26. The predicted octanol–water partition coefficient (Wildman–Crippen LogP) is 1.63. The molecule has 144 valence electrons. The lowest BCUT2D eigenvalue weighted by Gasteiger charge is -2.11. The standard InChI is InChI=1S/C18H22N4O4S/c1-22(2)9-6-10-26-14-8-5-4-7-13(14)12-19-21-18-20-17(24)15(27-18)11-16(23)25-3/h4-5,7-8,11-12H,6,9-10H2,1-3H3,(H,20,21,24)/b15-11+,19-12?. The van der Waals surface area contributed by atoms with Crippen molar-refractivity contribution >= 4 is 35.0 Å². The molecule has 1 aromatic carbocycles. The number of amides is 1. The van der Waals surface area contributed by atoms with E-state index in [4.69, 9.17) is 4.74 Å². The molecule has 8 nitrogen and oxygen atoms in total. The molecular formula is C18H22N4O4S. The van der Waals surface area contributed by atoms with Crippen molar-refractivity contribution in [3.63, 3.8) is 0 Å². The molecule has 0 atom stereocenters. The average Bonchev–Trinajstić information content (AvgIpc) is 2.99. The molecule has 0 bridgehead atoms. The molecule has 9 heteroatoms. The van der Waals surface area contributed by atoms with Crippen LogP contribution in [0.15, 0.2) is 45.4 Å². The molecule has 1 aliphatic rings. The summed E-state index contributed by atoms with van der Waals surface area (Å²) in [5.41, 5.74) is 0.784. The third kappa shape index (κ3) is 6.87. The highest BCUT2D eigenvalue weighted by Gasteiger charge is 2.24. The molecule has 0 saturated carbocycles. The molecule has 1 saturated heterocycles. The van der Waals surface area contributed by atoms with Crippen LogP contribution in [0, 0.1) is 0 Å². The number of methoxy groups -OCH3 is 1. The molecule has 1 aliphatic heterocycles.